The molecular weight excluding hydrogens is 564 g/mol. The monoisotopic (exact) mass is 598 g/mol. The zero-order valence-electron chi connectivity index (χ0n) is 25.4. The summed E-state index contributed by atoms with van der Waals surface area (Å²) in [5.41, 5.74) is 1.93. The fourth-order valence-electron chi connectivity index (χ4n) is 5.96. The molecule has 12 nitrogen and oxygen atoms in total. The second-order valence-corrected chi connectivity index (χ2v) is 9.91. The van der Waals surface area contributed by atoms with Gasteiger partial charge in [0.25, 0.3) is 5.79 Å². The standard InChI is InChI=1S/C31H34O12/c1-34-18-13-19(35-2)27(38-5)23-22(18)25(37-4)17-14-31(43-26(17)29(23)40-7)10-9-15-11-16(12-20(32)36-3)21(30(33)41-8)28(39-6)24(15)42-31/h11,13H,9-10,12,14H2,1-8H3. The number of hydrogen-bond acceptors (Lipinski definition) is 12. The van der Waals surface area contributed by atoms with Gasteiger partial charge in [0.05, 0.1) is 80.5 Å². The van der Waals surface area contributed by atoms with E-state index in [9.17, 15) is 9.59 Å². The lowest BCUT2D eigenvalue weighted by Gasteiger charge is -2.36. The lowest BCUT2D eigenvalue weighted by Crippen LogP contribution is -2.44. The van der Waals surface area contributed by atoms with Gasteiger partial charge in [0.15, 0.2) is 34.5 Å². The molecule has 1 atom stereocenters. The number of esters is 2. The van der Waals surface area contributed by atoms with Crippen LogP contribution in [0.2, 0.25) is 0 Å². The van der Waals surface area contributed by atoms with Gasteiger partial charge in [0.2, 0.25) is 0 Å². The Morgan fingerprint density at radius 3 is 1.95 bits per heavy atom. The molecule has 0 saturated heterocycles. The van der Waals surface area contributed by atoms with Crippen molar-refractivity contribution in [2.45, 2.75) is 31.5 Å². The van der Waals surface area contributed by atoms with Crippen LogP contribution in [0, 0.1) is 0 Å². The highest BCUT2D eigenvalue weighted by Gasteiger charge is 2.49. The molecule has 1 spiro atoms. The zero-order chi connectivity index (χ0) is 31.1. The van der Waals surface area contributed by atoms with Crippen molar-refractivity contribution in [3.63, 3.8) is 0 Å². The number of aryl methyl sites for hydroxylation is 1. The van der Waals surface area contributed by atoms with Crippen LogP contribution in [-0.4, -0.2) is 74.6 Å². The lowest BCUT2D eigenvalue weighted by molar-refractivity contribution is -0.139. The van der Waals surface area contributed by atoms with Crippen LogP contribution in [-0.2, 0) is 33.5 Å². The van der Waals surface area contributed by atoms with Crippen LogP contribution in [0.25, 0.3) is 10.8 Å². The van der Waals surface area contributed by atoms with Gasteiger partial charge in [-0.05, 0) is 17.5 Å². The van der Waals surface area contributed by atoms with Gasteiger partial charge in [0.1, 0.15) is 17.1 Å². The highest BCUT2D eigenvalue weighted by atomic mass is 16.7. The number of benzene rings is 3. The number of fused-ring (bicyclic) bond motifs is 3. The Bertz CT molecular complexity index is 1610. The van der Waals surface area contributed by atoms with Crippen molar-refractivity contribution < 1.29 is 57.0 Å². The molecule has 12 heteroatoms. The molecule has 3 aromatic carbocycles. The molecule has 0 fully saturated rings. The van der Waals surface area contributed by atoms with Crippen LogP contribution in [0.15, 0.2) is 12.1 Å². The molecule has 0 aliphatic carbocycles. The van der Waals surface area contributed by atoms with E-state index in [1.807, 2.05) is 0 Å². The van der Waals surface area contributed by atoms with Crippen molar-refractivity contribution in [1.82, 2.24) is 0 Å². The molecule has 2 aliphatic heterocycles. The summed E-state index contributed by atoms with van der Waals surface area (Å²) in [7, 11) is 11.7. The molecule has 0 radical (unpaired) electrons. The molecule has 0 bridgehead atoms. The number of ether oxygens (including phenoxy) is 10. The van der Waals surface area contributed by atoms with E-state index in [1.165, 1.54) is 42.7 Å². The molecule has 0 amide bonds. The Kier molecular flexibility index (Phi) is 7.96. The van der Waals surface area contributed by atoms with Crippen molar-refractivity contribution in [2.24, 2.45) is 0 Å². The van der Waals surface area contributed by atoms with Gasteiger partial charge in [0, 0.05) is 18.1 Å². The lowest BCUT2D eigenvalue weighted by atomic mass is 9.90. The van der Waals surface area contributed by atoms with E-state index in [0.717, 1.165) is 5.56 Å². The average molecular weight is 599 g/mol. The average Bonchev–Trinajstić information content (AvgIpc) is 3.39. The number of hydrogen-bond donors (Lipinski definition) is 0. The van der Waals surface area contributed by atoms with E-state index in [-0.39, 0.29) is 24.2 Å². The number of carbonyl (C=O) groups is 2. The van der Waals surface area contributed by atoms with E-state index in [4.69, 9.17) is 47.4 Å². The topological polar surface area (TPSA) is 126 Å². The summed E-state index contributed by atoms with van der Waals surface area (Å²) >= 11 is 0. The molecule has 43 heavy (non-hydrogen) atoms. The molecule has 0 saturated carbocycles. The molecule has 0 aromatic heterocycles. The second-order valence-electron chi connectivity index (χ2n) is 9.91. The van der Waals surface area contributed by atoms with E-state index >= 15 is 0 Å². The zero-order valence-corrected chi connectivity index (χ0v) is 25.4. The third-order valence-corrected chi connectivity index (χ3v) is 7.82. The highest BCUT2D eigenvalue weighted by molar-refractivity contribution is 6.07. The van der Waals surface area contributed by atoms with Gasteiger partial charge in [-0.3, -0.25) is 4.79 Å². The molecule has 3 aromatic rings. The number of carbonyl (C=O) groups excluding carboxylic acids is 2. The van der Waals surface area contributed by atoms with Crippen LogP contribution in [0.5, 0.6) is 46.0 Å². The fraction of sp³-hybridized carbons (Fsp3) is 0.419. The number of rotatable bonds is 9. The molecule has 230 valence electrons. The Labute approximate surface area is 248 Å². The van der Waals surface area contributed by atoms with E-state index < -0.39 is 17.7 Å². The van der Waals surface area contributed by atoms with Crippen LogP contribution < -0.4 is 37.9 Å². The van der Waals surface area contributed by atoms with E-state index in [1.54, 1.807) is 26.4 Å². The summed E-state index contributed by atoms with van der Waals surface area (Å²) in [6.45, 7) is 0. The van der Waals surface area contributed by atoms with E-state index in [2.05, 4.69) is 0 Å². The van der Waals surface area contributed by atoms with Crippen molar-refractivity contribution in [1.29, 1.82) is 0 Å². The first-order chi connectivity index (χ1) is 20.7. The quantitative estimate of drug-likeness (QED) is 0.330. The maximum Gasteiger partial charge on any atom is 0.342 e. The van der Waals surface area contributed by atoms with Gasteiger partial charge in [-0.2, -0.15) is 0 Å². The summed E-state index contributed by atoms with van der Waals surface area (Å²) in [6.07, 6.45) is 1.04. The predicted octanol–water partition coefficient (Wildman–Crippen LogP) is 4.05. The van der Waals surface area contributed by atoms with Crippen LogP contribution in [0.4, 0.5) is 0 Å². The molecule has 2 heterocycles. The Hall–Kier alpha value is -4.74. The SMILES string of the molecule is COC(=O)Cc1cc2c(c(OC)c1C(=O)OC)OC1(CC2)Cc2c(c(OC)c3c(OC)c(OC)cc(OC)c3c2OC)O1. The van der Waals surface area contributed by atoms with Gasteiger partial charge < -0.3 is 47.4 Å². The third kappa shape index (κ3) is 4.61. The summed E-state index contributed by atoms with van der Waals surface area (Å²) in [5, 5.41) is 1.16. The number of methoxy groups -OCH3 is 8. The summed E-state index contributed by atoms with van der Waals surface area (Å²) in [5.74, 6) is 0.707. The van der Waals surface area contributed by atoms with Gasteiger partial charge >= 0.3 is 11.9 Å². The minimum absolute atomic E-state index is 0.0733. The fourth-order valence-corrected chi connectivity index (χ4v) is 5.96. The highest BCUT2D eigenvalue weighted by Crippen LogP contribution is 2.59. The molecule has 5 rings (SSSR count). The molecular formula is C31H34O12. The molecule has 0 N–H and O–H groups in total. The minimum Gasteiger partial charge on any atom is -0.496 e. The summed E-state index contributed by atoms with van der Waals surface area (Å²) in [4.78, 5) is 25.1. The van der Waals surface area contributed by atoms with Crippen molar-refractivity contribution in [2.75, 3.05) is 56.9 Å². The van der Waals surface area contributed by atoms with Crippen LogP contribution in [0.1, 0.15) is 33.5 Å². The van der Waals surface area contributed by atoms with Gasteiger partial charge in [-0.15, -0.1) is 0 Å². The van der Waals surface area contributed by atoms with Crippen molar-refractivity contribution >= 4 is 22.7 Å². The maximum atomic E-state index is 12.9. The second kappa shape index (κ2) is 11.5. The summed E-state index contributed by atoms with van der Waals surface area (Å²) < 4.78 is 57.8. The van der Waals surface area contributed by atoms with Crippen molar-refractivity contribution in [3.05, 3.63) is 34.4 Å². The Morgan fingerprint density at radius 2 is 1.37 bits per heavy atom. The Balaban J connectivity index is 1.70. The molecule has 1 unspecified atom stereocenters. The van der Waals surface area contributed by atoms with Crippen LogP contribution in [0.3, 0.4) is 0 Å². The largest absolute Gasteiger partial charge is 0.496 e. The first kappa shape index (κ1) is 29.7. The minimum atomic E-state index is -1.21. The molecule has 2 aliphatic rings. The van der Waals surface area contributed by atoms with Gasteiger partial charge in [-0.1, -0.05) is 6.07 Å². The van der Waals surface area contributed by atoms with Crippen molar-refractivity contribution in [3.8, 4) is 46.0 Å². The first-order valence-corrected chi connectivity index (χ1v) is 13.4. The Morgan fingerprint density at radius 1 is 0.721 bits per heavy atom. The summed E-state index contributed by atoms with van der Waals surface area (Å²) in [6, 6.07) is 3.47. The van der Waals surface area contributed by atoms with Gasteiger partial charge in [-0.25, -0.2) is 4.79 Å². The smallest absolute Gasteiger partial charge is 0.342 e. The maximum absolute atomic E-state index is 12.9. The first-order valence-electron chi connectivity index (χ1n) is 13.4. The van der Waals surface area contributed by atoms with E-state index in [0.29, 0.717) is 75.0 Å². The normalized spacial score (nSPS) is 16.4. The third-order valence-electron chi connectivity index (χ3n) is 7.82. The predicted molar refractivity (Wildman–Crippen MR) is 153 cm³/mol. The van der Waals surface area contributed by atoms with Crippen LogP contribution >= 0.6 is 0 Å².